The maximum absolute atomic E-state index is 12.2. The molecule has 0 spiro atoms. The molecular formula is C17H26N2O. The van der Waals surface area contributed by atoms with Crippen LogP contribution in [0.2, 0.25) is 0 Å². The summed E-state index contributed by atoms with van der Waals surface area (Å²) in [6.45, 7) is 7.37. The number of hydrogen-bond acceptors (Lipinski definition) is 2. The van der Waals surface area contributed by atoms with Gasteiger partial charge in [0.05, 0.1) is 0 Å². The van der Waals surface area contributed by atoms with Gasteiger partial charge in [-0.25, -0.2) is 0 Å². The van der Waals surface area contributed by atoms with Crippen molar-refractivity contribution in [2.75, 3.05) is 11.9 Å². The molecule has 1 aliphatic heterocycles. The van der Waals surface area contributed by atoms with Crippen molar-refractivity contribution in [3.63, 3.8) is 0 Å². The molecule has 2 atom stereocenters. The van der Waals surface area contributed by atoms with E-state index < -0.39 is 0 Å². The quantitative estimate of drug-likeness (QED) is 0.833. The summed E-state index contributed by atoms with van der Waals surface area (Å²) < 4.78 is 0. The van der Waals surface area contributed by atoms with Gasteiger partial charge in [-0.05, 0) is 24.5 Å². The molecule has 0 bridgehead atoms. The Morgan fingerprint density at radius 2 is 2.05 bits per heavy atom. The molecule has 1 aromatic rings. The largest absolute Gasteiger partial charge is 0.384 e. The van der Waals surface area contributed by atoms with Crippen LogP contribution in [0.4, 0.5) is 5.69 Å². The van der Waals surface area contributed by atoms with E-state index in [1.54, 1.807) is 0 Å². The number of rotatable bonds is 6. The molecule has 1 aromatic carbocycles. The number of nitrogens with one attached hydrogen (secondary N) is 2. The van der Waals surface area contributed by atoms with Crippen molar-refractivity contribution in [2.45, 2.75) is 52.0 Å². The lowest BCUT2D eigenvalue weighted by Gasteiger charge is -2.23. The third kappa shape index (κ3) is 3.33. The molecule has 3 nitrogen and oxygen atoms in total. The number of fused-ring (bicyclic) bond motifs is 1. The molecule has 0 saturated heterocycles. The van der Waals surface area contributed by atoms with E-state index >= 15 is 0 Å². The number of benzene rings is 1. The lowest BCUT2D eigenvalue weighted by atomic mass is 9.94. The van der Waals surface area contributed by atoms with Gasteiger partial charge in [-0.15, -0.1) is 0 Å². The highest BCUT2D eigenvalue weighted by Gasteiger charge is 2.25. The zero-order valence-electron chi connectivity index (χ0n) is 12.8. The molecule has 0 fully saturated rings. The second kappa shape index (κ2) is 6.78. The van der Waals surface area contributed by atoms with Crippen LogP contribution in [0.5, 0.6) is 0 Å². The monoisotopic (exact) mass is 274 g/mol. The first-order valence-electron chi connectivity index (χ1n) is 7.77. The van der Waals surface area contributed by atoms with Gasteiger partial charge in [-0.3, -0.25) is 4.79 Å². The average molecular weight is 274 g/mol. The normalized spacial score (nSPS) is 18.5. The van der Waals surface area contributed by atoms with Gasteiger partial charge in [-0.2, -0.15) is 0 Å². The Labute approximate surface area is 122 Å². The standard InChI is InChI=1S/C17H26N2O/c1-4-13(5-2)12(3)19-17(20)10-14-11-18-16-9-7-6-8-15(14)16/h6-9,12-14,18H,4-5,10-11H2,1-3H3,(H,19,20). The maximum atomic E-state index is 12.2. The molecular weight excluding hydrogens is 248 g/mol. The molecule has 20 heavy (non-hydrogen) atoms. The van der Waals surface area contributed by atoms with Gasteiger partial charge in [0.25, 0.3) is 0 Å². The minimum absolute atomic E-state index is 0.174. The number of carbonyl (C=O) groups excluding carboxylic acids is 1. The summed E-state index contributed by atoms with van der Waals surface area (Å²) in [7, 11) is 0. The summed E-state index contributed by atoms with van der Waals surface area (Å²) in [6.07, 6.45) is 2.81. The Morgan fingerprint density at radius 3 is 2.75 bits per heavy atom. The summed E-state index contributed by atoms with van der Waals surface area (Å²) >= 11 is 0. The first-order valence-corrected chi connectivity index (χ1v) is 7.77. The SMILES string of the molecule is CCC(CC)C(C)NC(=O)CC1CNc2ccccc21. The molecule has 3 heteroatoms. The molecule has 0 saturated carbocycles. The van der Waals surface area contributed by atoms with E-state index in [4.69, 9.17) is 0 Å². The van der Waals surface area contributed by atoms with Crippen LogP contribution in [0.15, 0.2) is 24.3 Å². The van der Waals surface area contributed by atoms with Crippen molar-refractivity contribution in [1.29, 1.82) is 0 Å². The van der Waals surface area contributed by atoms with E-state index in [1.165, 1.54) is 11.3 Å². The van der Waals surface area contributed by atoms with Crippen molar-refractivity contribution >= 4 is 11.6 Å². The predicted molar refractivity (Wildman–Crippen MR) is 84.0 cm³/mol. The molecule has 2 N–H and O–H groups in total. The smallest absolute Gasteiger partial charge is 0.220 e. The molecule has 2 unspecified atom stereocenters. The molecule has 1 aliphatic rings. The van der Waals surface area contributed by atoms with Gasteiger partial charge < -0.3 is 10.6 Å². The zero-order chi connectivity index (χ0) is 14.5. The van der Waals surface area contributed by atoms with Crippen molar-refractivity contribution in [1.82, 2.24) is 5.32 Å². The van der Waals surface area contributed by atoms with Gasteiger partial charge in [0.2, 0.25) is 5.91 Å². The summed E-state index contributed by atoms with van der Waals surface area (Å²) in [5, 5.41) is 6.55. The van der Waals surface area contributed by atoms with Gasteiger partial charge in [0.1, 0.15) is 0 Å². The third-order valence-corrected chi connectivity index (χ3v) is 4.52. The highest BCUT2D eigenvalue weighted by atomic mass is 16.1. The molecule has 0 aliphatic carbocycles. The molecule has 1 heterocycles. The van der Waals surface area contributed by atoms with Crippen molar-refractivity contribution in [2.24, 2.45) is 5.92 Å². The number of carbonyl (C=O) groups is 1. The predicted octanol–water partition coefficient (Wildman–Crippen LogP) is 3.53. The highest BCUT2D eigenvalue weighted by Crippen LogP contribution is 2.33. The van der Waals surface area contributed by atoms with Crippen molar-refractivity contribution in [3.05, 3.63) is 29.8 Å². The van der Waals surface area contributed by atoms with E-state index in [0.29, 0.717) is 18.3 Å². The van der Waals surface area contributed by atoms with Crippen LogP contribution in [-0.4, -0.2) is 18.5 Å². The van der Waals surface area contributed by atoms with Gasteiger partial charge >= 0.3 is 0 Å². The average Bonchev–Trinajstić information content (AvgIpc) is 2.83. The fourth-order valence-electron chi connectivity index (χ4n) is 3.19. The lowest BCUT2D eigenvalue weighted by molar-refractivity contribution is -0.122. The zero-order valence-corrected chi connectivity index (χ0v) is 12.8. The topological polar surface area (TPSA) is 41.1 Å². The van der Waals surface area contributed by atoms with Crippen LogP contribution in [0.3, 0.4) is 0 Å². The molecule has 0 aromatic heterocycles. The Morgan fingerprint density at radius 1 is 1.35 bits per heavy atom. The van der Waals surface area contributed by atoms with Crippen LogP contribution in [0, 0.1) is 5.92 Å². The minimum Gasteiger partial charge on any atom is -0.384 e. The summed E-state index contributed by atoms with van der Waals surface area (Å²) in [5.74, 6) is 1.06. The number of amides is 1. The second-order valence-corrected chi connectivity index (χ2v) is 5.80. The van der Waals surface area contributed by atoms with Crippen LogP contribution < -0.4 is 10.6 Å². The fraction of sp³-hybridized carbons (Fsp3) is 0.588. The Kier molecular flexibility index (Phi) is 5.05. The van der Waals surface area contributed by atoms with Crippen molar-refractivity contribution < 1.29 is 4.79 Å². The van der Waals surface area contributed by atoms with E-state index in [0.717, 1.165) is 19.4 Å². The lowest BCUT2D eigenvalue weighted by Crippen LogP contribution is -2.38. The van der Waals surface area contributed by atoms with E-state index in [-0.39, 0.29) is 11.9 Å². The maximum Gasteiger partial charge on any atom is 0.220 e. The number of para-hydroxylation sites is 1. The number of hydrogen-bond donors (Lipinski definition) is 2. The van der Waals surface area contributed by atoms with Crippen LogP contribution in [0.25, 0.3) is 0 Å². The summed E-state index contributed by atoms with van der Waals surface area (Å²) in [4.78, 5) is 12.2. The van der Waals surface area contributed by atoms with Gasteiger partial charge in [-0.1, -0.05) is 44.9 Å². The summed E-state index contributed by atoms with van der Waals surface area (Å²) in [6, 6.07) is 8.55. The molecule has 1 amide bonds. The number of anilines is 1. The Bertz CT molecular complexity index is 454. The first kappa shape index (κ1) is 14.9. The molecule has 0 radical (unpaired) electrons. The summed E-state index contributed by atoms with van der Waals surface area (Å²) in [5.41, 5.74) is 2.45. The first-order chi connectivity index (χ1) is 9.65. The van der Waals surface area contributed by atoms with E-state index in [1.807, 2.05) is 12.1 Å². The minimum atomic E-state index is 0.174. The third-order valence-electron chi connectivity index (χ3n) is 4.52. The van der Waals surface area contributed by atoms with E-state index in [9.17, 15) is 4.79 Å². The van der Waals surface area contributed by atoms with Gasteiger partial charge in [0.15, 0.2) is 0 Å². The van der Waals surface area contributed by atoms with Crippen LogP contribution in [0.1, 0.15) is 51.5 Å². The van der Waals surface area contributed by atoms with Crippen LogP contribution in [-0.2, 0) is 4.79 Å². The molecule has 2 rings (SSSR count). The van der Waals surface area contributed by atoms with Gasteiger partial charge in [0, 0.05) is 30.6 Å². The van der Waals surface area contributed by atoms with Crippen molar-refractivity contribution in [3.8, 4) is 0 Å². The Hall–Kier alpha value is -1.51. The molecule has 110 valence electrons. The highest BCUT2D eigenvalue weighted by molar-refractivity contribution is 5.78. The van der Waals surface area contributed by atoms with Crippen LogP contribution >= 0.6 is 0 Å². The second-order valence-electron chi connectivity index (χ2n) is 5.80. The van der Waals surface area contributed by atoms with E-state index in [2.05, 4.69) is 43.5 Å². The fourth-order valence-corrected chi connectivity index (χ4v) is 3.19. The Balaban J connectivity index is 1.90.